The van der Waals surface area contributed by atoms with Crippen molar-refractivity contribution in [3.8, 4) is 0 Å². The molecule has 0 amide bonds. The maximum absolute atomic E-state index is 12.7. The van der Waals surface area contributed by atoms with E-state index in [0.29, 0.717) is 22.3 Å². The summed E-state index contributed by atoms with van der Waals surface area (Å²) in [6.45, 7) is 12.5. The molecule has 0 radical (unpaired) electrons. The fourth-order valence-corrected chi connectivity index (χ4v) is 10.0. The standard InChI is InChI=1S/C33H50O4/c1-21(2)7-6-8-22(3)27-12-13-28-26-11-10-24-19-25(37-31(35)23-9-14-30(34)36-20-23)15-17-32(24,4)29(26)16-18-33(27,28)5/h9,14,20-22,24-29H,6-8,10-13,15-19H2,1-5H3/t22-,24?,25-,26+,27-,28+,29+,32+,33-/m1/s1. The number of fused-ring (bicyclic) bond motifs is 5. The highest BCUT2D eigenvalue weighted by Crippen LogP contribution is 2.68. The van der Waals surface area contributed by atoms with E-state index in [4.69, 9.17) is 9.15 Å². The van der Waals surface area contributed by atoms with E-state index in [0.717, 1.165) is 48.3 Å². The molecule has 4 heteroatoms. The van der Waals surface area contributed by atoms with Crippen LogP contribution in [0.1, 0.15) is 122 Å². The molecule has 1 aromatic heterocycles. The Kier molecular flexibility index (Phi) is 7.69. The maximum Gasteiger partial charge on any atom is 0.341 e. The van der Waals surface area contributed by atoms with Gasteiger partial charge in [0.25, 0.3) is 0 Å². The van der Waals surface area contributed by atoms with Crippen LogP contribution in [0.4, 0.5) is 0 Å². The molecule has 1 heterocycles. The van der Waals surface area contributed by atoms with Gasteiger partial charge in [-0.1, -0.05) is 53.9 Å². The van der Waals surface area contributed by atoms with Gasteiger partial charge in [-0.15, -0.1) is 0 Å². The molecular weight excluding hydrogens is 460 g/mol. The summed E-state index contributed by atoms with van der Waals surface area (Å²) in [4.78, 5) is 23.9. The molecule has 1 aromatic rings. The molecule has 4 saturated carbocycles. The van der Waals surface area contributed by atoms with E-state index in [1.807, 2.05) is 0 Å². The van der Waals surface area contributed by atoms with Crippen LogP contribution in [0.2, 0.25) is 0 Å². The summed E-state index contributed by atoms with van der Waals surface area (Å²) < 4.78 is 10.8. The Hall–Kier alpha value is -1.58. The summed E-state index contributed by atoms with van der Waals surface area (Å²) in [6.07, 6.45) is 16.8. The molecule has 37 heavy (non-hydrogen) atoms. The second kappa shape index (κ2) is 10.5. The summed E-state index contributed by atoms with van der Waals surface area (Å²) in [5.74, 6) is 5.51. The zero-order valence-electron chi connectivity index (χ0n) is 24.0. The topological polar surface area (TPSA) is 56.5 Å². The molecular formula is C33H50O4. The average molecular weight is 511 g/mol. The van der Waals surface area contributed by atoms with Crippen molar-refractivity contribution in [2.45, 2.75) is 118 Å². The van der Waals surface area contributed by atoms with Gasteiger partial charge in [0.15, 0.2) is 0 Å². The van der Waals surface area contributed by atoms with E-state index < -0.39 is 5.63 Å². The molecule has 1 unspecified atom stereocenters. The Labute approximate surface area is 224 Å². The molecule has 4 aliphatic rings. The molecule has 5 rings (SSSR count). The van der Waals surface area contributed by atoms with Crippen molar-refractivity contribution in [3.05, 3.63) is 34.4 Å². The van der Waals surface area contributed by atoms with Crippen LogP contribution < -0.4 is 5.63 Å². The van der Waals surface area contributed by atoms with Crippen LogP contribution in [-0.2, 0) is 4.74 Å². The predicted octanol–water partition coefficient (Wildman–Crippen LogP) is 8.29. The summed E-state index contributed by atoms with van der Waals surface area (Å²) in [7, 11) is 0. The van der Waals surface area contributed by atoms with E-state index in [-0.39, 0.29) is 12.1 Å². The van der Waals surface area contributed by atoms with Crippen LogP contribution in [0, 0.1) is 52.3 Å². The van der Waals surface area contributed by atoms with Crippen LogP contribution in [0.15, 0.2) is 27.6 Å². The Balaban J connectivity index is 1.22. The van der Waals surface area contributed by atoms with Gasteiger partial charge < -0.3 is 9.15 Å². The Morgan fingerprint density at radius 2 is 1.73 bits per heavy atom. The van der Waals surface area contributed by atoms with Gasteiger partial charge in [0.1, 0.15) is 12.4 Å². The minimum atomic E-state index is -0.445. The third-order valence-electron chi connectivity index (χ3n) is 12.0. The van der Waals surface area contributed by atoms with Crippen LogP contribution in [0.5, 0.6) is 0 Å². The number of carbonyl (C=O) groups is 1. The molecule has 9 atom stereocenters. The Bertz CT molecular complexity index is 991. The van der Waals surface area contributed by atoms with E-state index in [1.165, 1.54) is 82.6 Å². The molecule has 4 aliphatic carbocycles. The van der Waals surface area contributed by atoms with Gasteiger partial charge in [-0.3, -0.25) is 0 Å². The Morgan fingerprint density at radius 3 is 2.46 bits per heavy atom. The molecule has 206 valence electrons. The number of hydrogen-bond acceptors (Lipinski definition) is 4. The number of hydrogen-bond donors (Lipinski definition) is 0. The minimum absolute atomic E-state index is 0.0227. The van der Waals surface area contributed by atoms with E-state index >= 15 is 0 Å². The summed E-state index contributed by atoms with van der Waals surface area (Å²) in [6, 6.07) is 2.79. The zero-order chi connectivity index (χ0) is 26.4. The lowest BCUT2D eigenvalue weighted by Crippen LogP contribution is -2.54. The van der Waals surface area contributed by atoms with E-state index in [1.54, 1.807) is 0 Å². The second-order valence-electron chi connectivity index (χ2n) is 14.3. The first kappa shape index (κ1) is 27.0. The number of esters is 1. The lowest BCUT2D eigenvalue weighted by Gasteiger charge is -2.61. The highest BCUT2D eigenvalue weighted by molar-refractivity contribution is 5.88. The number of carbonyl (C=O) groups excluding carboxylic acids is 1. The molecule has 0 N–H and O–H groups in total. The van der Waals surface area contributed by atoms with Crippen molar-refractivity contribution in [3.63, 3.8) is 0 Å². The van der Waals surface area contributed by atoms with Crippen LogP contribution in [0.25, 0.3) is 0 Å². The van der Waals surface area contributed by atoms with Gasteiger partial charge >= 0.3 is 11.6 Å². The van der Waals surface area contributed by atoms with E-state index in [9.17, 15) is 9.59 Å². The Morgan fingerprint density at radius 1 is 0.973 bits per heavy atom. The fraction of sp³-hybridized carbons (Fsp3) is 0.818. The fourth-order valence-electron chi connectivity index (χ4n) is 10.0. The highest BCUT2D eigenvalue weighted by atomic mass is 16.5. The molecule has 0 saturated heterocycles. The minimum Gasteiger partial charge on any atom is -0.459 e. The third-order valence-corrected chi connectivity index (χ3v) is 12.0. The molecule has 0 aliphatic heterocycles. The second-order valence-corrected chi connectivity index (χ2v) is 14.3. The van der Waals surface area contributed by atoms with Gasteiger partial charge in [-0.2, -0.15) is 0 Å². The third kappa shape index (κ3) is 5.08. The summed E-state index contributed by atoms with van der Waals surface area (Å²) in [5, 5.41) is 0. The number of rotatable bonds is 7. The normalized spacial score (nSPS) is 39.9. The quantitative estimate of drug-likeness (QED) is 0.346. The van der Waals surface area contributed by atoms with Crippen molar-refractivity contribution in [2.75, 3.05) is 0 Å². The van der Waals surface area contributed by atoms with Gasteiger partial charge in [0, 0.05) is 6.07 Å². The van der Waals surface area contributed by atoms with Crippen molar-refractivity contribution in [1.29, 1.82) is 0 Å². The molecule has 4 fully saturated rings. The predicted molar refractivity (Wildman–Crippen MR) is 147 cm³/mol. The zero-order valence-corrected chi connectivity index (χ0v) is 24.0. The van der Waals surface area contributed by atoms with Gasteiger partial charge in [-0.25, -0.2) is 9.59 Å². The SMILES string of the molecule is CC(C)CCC[C@@H](C)[C@H]1CC[C@H]2[C@@H]3CCC4C[C@H](OC(=O)c5ccc(=O)oc5)CC[C@]4(C)[C@H]3CC[C@]12C. The largest absolute Gasteiger partial charge is 0.459 e. The first-order valence-corrected chi connectivity index (χ1v) is 15.4. The van der Waals surface area contributed by atoms with Crippen LogP contribution in [0.3, 0.4) is 0 Å². The summed E-state index contributed by atoms with van der Waals surface area (Å²) in [5.41, 5.74) is 0.809. The smallest absolute Gasteiger partial charge is 0.341 e. The first-order valence-electron chi connectivity index (χ1n) is 15.4. The van der Waals surface area contributed by atoms with Crippen LogP contribution >= 0.6 is 0 Å². The molecule has 0 spiro atoms. The molecule has 0 aromatic carbocycles. The van der Waals surface area contributed by atoms with Crippen molar-refractivity contribution in [2.24, 2.45) is 52.3 Å². The number of ether oxygens (including phenoxy) is 1. The lowest BCUT2D eigenvalue weighted by atomic mass is 9.44. The average Bonchev–Trinajstić information content (AvgIpc) is 3.21. The summed E-state index contributed by atoms with van der Waals surface area (Å²) >= 11 is 0. The first-order chi connectivity index (χ1) is 17.6. The van der Waals surface area contributed by atoms with Crippen LogP contribution in [-0.4, -0.2) is 12.1 Å². The van der Waals surface area contributed by atoms with E-state index in [2.05, 4.69) is 34.6 Å². The van der Waals surface area contributed by atoms with Crippen molar-refractivity contribution >= 4 is 5.97 Å². The van der Waals surface area contributed by atoms with Gasteiger partial charge in [-0.05, 0) is 116 Å². The monoisotopic (exact) mass is 510 g/mol. The van der Waals surface area contributed by atoms with Crippen molar-refractivity contribution in [1.82, 2.24) is 0 Å². The van der Waals surface area contributed by atoms with Gasteiger partial charge in [0.05, 0.1) is 5.56 Å². The molecule has 4 nitrogen and oxygen atoms in total. The lowest BCUT2D eigenvalue weighted by molar-refractivity contribution is -0.130. The van der Waals surface area contributed by atoms with Crippen molar-refractivity contribution < 1.29 is 13.9 Å². The maximum atomic E-state index is 12.7. The molecule has 0 bridgehead atoms. The van der Waals surface area contributed by atoms with Gasteiger partial charge in [0.2, 0.25) is 0 Å². The highest BCUT2D eigenvalue weighted by Gasteiger charge is 2.60.